The van der Waals surface area contributed by atoms with Gasteiger partial charge in [-0.15, -0.1) is 15.3 Å². The van der Waals surface area contributed by atoms with Crippen LogP contribution in [0.3, 0.4) is 0 Å². The van der Waals surface area contributed by atoms with E-state index in [4.69, 9.17) is 4.74 Å². The van der Waals surface area contributed by atoms with E-state index in [0.29, 0.717) is 62.6 Å². The summed E-state index contributed by atoms with van der Waals surface area (Å²) >= 11 is 0. The van der Waals surface area contributed by atoms with Crippen molar-refractivity contribution in [1.29, 1.82) is 0 Å². The summed E-state index contributed by atoms with van der Waals surface area (Å²) in [6.07, 6.45) is -3.66. The number of ether oxygens (including phenoxy) is 1. The molecule has 13 heteroatoms. The molecule has 0 aliphatic carbocycles. The Bertz CT molecular complexity index is 982. The number of halogens is 3. The van der Waals surface area contributed by atoms with E-state index in [0.717, 1.165) is 0 Å². The van der Waals surface area contributed by atoms with Gasteiger partial charge in [0.1, 0.15) is 11.9 Å². The quantitative estimate of drug-likeness (QED) is 0.725. The van der Waals surface area contributed by atoms with Gasteiger partial charge < -0.3 is 19.9 Å². The highest BCUT2D eigenvalue weighted by molar-refractivity contribution is 5.88. The first kappa shape index (κ1) is 22.2. The van der Waals surface area contributed by atoms with Gasteiger partial charge in [0, 0.05) is 32.1 Å². The van der Waals surface area contributed by atoms with Gasteiger partial charge in [0.2, 0.25) is 11.8 Å². The molecular formula is C19H24F3N7O3. The molecule has 2 saturated heterocycles. The second kappa shape index (κ2) is 8.88. The van der Waals surface area contributed by atoms with Crippen molar-refractivity contribution in [3.05, 3.63) is 18.0 Å². The monoisotopic (exact) mass is 455 g/mol. The van der Waals surface area contributed by atoms with E-state index in [2.05, 4.69) is 20.6 Å². The number of carbonyl (C=O) groups is 2. The van der Waals surface area contributed by atoms with E-state index in [9.17, 15) is 22.8 Å². The molecule has 0 aromatic carbocycles. The molecule has 2 aromatic rings. The summed E-state index contributed by atoms with van der Waals surface area (Å²) < 4.78 is 45.2. The van der Waals surface area contributed by atoms with Crippen molar-refractivity contribution in [1.82, 2.24) is 30.0 Å². The number of anilines is 1. The summed E-state index contributed by atoms with van der Waals surface area (Å²) in [7, 11) is 0. The third kappa shape index (κ3) is 4.61. The van der Waals surface area contributed by atoms with Crippen LogP contribution >= 0.6 is 0 Å². The van der Waals surface area contributed by atoms with Crippen LogP contribution in [0.15, 0.2) is 12.1 Å². The van der Waals surface area contributed by atoms with Crippen LogP contribution in [0.2, 0.25) is 0 Å². The van der Waals surface area contributed by atoms with Gasteiger partial charge in [-0.1, -0.05) is 0 Å². The number of alkyl halides is 3. The minimum Gasteiger partial charge on any atom is -0.378 e. The van der Waals surface area contributed by atoms with E-state index in [1.807, 2.05) is 4.90 Å². The van der Waals surface area contributed by atoms with Crippen LogP contribution in [-0.4, -0.2) is 82.0 Å². The number of amides is 2. The molecule has 174 valence electrons. The predicted octanol–water partition coefficient (Wildman–Crippen LogP) is 0.723. The molecule has 2 aromatic heterocycles. The van der Waals surface area contributed by atoms with Crippen molar-refractivity contribution in [2.45, 2.75) is 32.0 Å². The van der Waals surface area contributed by atoms with E-state index < -0.39 is 18.0 Å². The summed E-state index contributed by atoms with van der Waals surface area (Å²) in [6.45, 7) is 4.57. The number of hydrogen-bond donors (Lipinski definition) is 1. The van der Waals surface area contributed by atoms with E-state index in [1.165, 1.54) is 6.07 Å². The van der Waals surface area contributed by atoms with Crippen molar-refractivity contribution in [2.75, 3.05) is 44.3 Å². The molecule has 4 rings (SSSR count). The van der Waals surface area contributed by atoms with Crippen LogP contribution < -0.4 is 10.2 Å². The van der Waals surface area contributed by atoms with Crippen LogP contribution in [0.4, 0.5) is 19.0 Å². The Morgan fingerprint density at radius 3 is 2.47 bits per heavy atom. The number of aromatic nitrogens is 4. The van der Waals surface area contributed by atoms with Crippen molar-refractivity contribution < 1.29 is 27.5 Å². The molecule has 1 N–H and O–H groups in total. The average Bonchev–Trinajstić information content (AvgIpc) is 3.23. The SMILES string of the molecule is C[C@H](NC(=O)C1CCN(c2ccc3nnc(C(F)(F)F)n3n2)CC1)C(=O)N1CCOCC1. The zero-order valence-electron chi connectivity index (χ0n) is 17.5. The lowest BCUT2D eigenvalue weighted by molar-refractivity contribution is -0.146. The number of morpholine rings is 1. The average molecular weight is 455 g/mol. The molecule has 2 fully saturated rings. The van der Waals surface area contributed by atoms with Crippen molar-refractivity contribution in [3.8, 4) is 0 Å². The van der Waals surface area contributed by atoms with Crippen molar-refractivity contribution >= 4 is 23.3 Å². The summed E-state index contributed by atoms with van der Waals surface area (Å²) in [5.74, 6) is -1.43. The van der Waals surface area contributed by atoms with Gasteiger partial charge in [-0.05, 0) is 31.9 Å². The van der Waals surface area contributed by atoms with Gasteiger partial charge in [0.25, 0.3) is 5.82 Å². The summed E-state index contributed by atoms with van der Waals surface area (Å²) in [6, 6.07) is 2.40. The molecule has 0 radical (unpaired) electrons. The Kier molecular flexibility index (Phi) is 6.17. The lowest BCUT2D eigenvalue weighted by atomic mass is 9.95. The van der Waals surface area contributed by atoms with Crippen molar-refractivity contribution in [3.63, 3.8) is 0 Å². The van der Waals surface area contributed by atoms with Gasteiger partial charge in [-0.25, -0.2) is 0 Å². The topological polar surface area (TPSA) is 105 Å². The van der Waals surface area contributed by atoms with E-state index >= 15 is 0 Å². The minimum atomic E-state index is -4.66. The normalized spacial score (nSPS) is 19.2. The highest BCUT2D eigenvalue weighted by Gasteiger charge is 2.38. The molecule has 4 heterocycles. The second-order valence-corrected chi connectivity index (χ2v) is 7.91. The highest BCUT2D eigenvalue weighted by Crippen LogP contribution is 2.28. The van der Waals surface area contributed by atoms with Gasteiger partial charge in [0.05, 0.1) is 13.2 Å². The fraction of sp³-hybridized carbons (Fsp3) is 0.632. The number of nitrogens with one attached hydrogen (secondary N) is 1. The minimum absolute atomic E-state index is 0.00858. The first-order chi connectivity index (χ1) is 15.2. The highest BCUT2D eigenvalue weighted by atomic mass is 19.4. The number of nitrogens with zero attached hydrogens (tertiary/aromatic N) is 6. The standard InChI is InChI=1S/C19H24F3N7O3/c1-12(17(31)28-8-10-32-11-9-28)23-16(30)13-4-6-27(7-5-13)15-3-2-14-24-25-18(19(20,21)22)29(14)26-15/h2-3,12-13H,4-11H2,1H3,(H,23,30)/t12-/m0/s1. The van der Waals surface area contributed by atoms with Gasteiger partial charge >= 0.3 is 6.18 Å². The molecular weight excluding hydrogens is 431 g/mol. The van der Waals surface area contributed by atoms with E-state index in [1.54, 1.807) is 17.9 Å². The Hall–Kier alpha value is -2.96. The Morgan fingerprint density at radius 2 is 1.81 bits per heavy atom. The third-order valence-electron chi connectivity index (χ3n) is 5.74. The Balaban J connectivity index is 1.34. The molecule has 0 bridgehead atoms. The number of piperidine rings is 1. The van der Waals surface area contributed by atoms with E-state index in [-0.39, 0.29) is 23.4 Å². The maximum Gasteiger partial charge on any atom is 0.453 e. The van der Waals surface area contributed by atoms with Crippen molar-refractivity contribution in [2.24, 2.45) is 5.92 Å². The lowest BCUT2D eigenvalue weighted by Crippen LogP contribution is -2.52. The van der Waals surface area contributed by atoms with Crippen LogP contribution in [0, 0.1) is 5.92 Å². The number of hydrogen-bond acceptors (Lipinski definition) is 7. The Morgan fingerprint density at radius 1 is 1.12 bits per heavy atom. The molecule has 1 atom stereocenters. The molecule has 0 spiro atoms. The zero-order chi connectivity index (χ0) is 22.9. The third-order valence-corrected chi connectivity index (χ3v) is 5.74. The van der Waals surface area contributed by atoms with Crippen LogP contribution in [-0.2, 0) is 20.5 Å². The molecule has 2 aliphatic heterocycles. The smallest absolute Gasteiger partial charge is 0.378 e. The second-order valence-electron chi connectivity index (χ2n) is 7.91. The molecule has 2 aliphatic rings. The summed E-state index contributed by atoms with van der Waals surface area (Å²) in [4.78, 5) is 28.6. The number of rotatable bonds is 4. The maximum absolute atomic E-state index is 13.1. The Labute approximate surface area is 181 Å². The molecule has 0 saturated carbocycles. The van der Waals surface area contributed by atoms with Gasteiger partial charge in [-0.3, -0.25) is 9.59 Å². The zero-order valence-corrected chi connectivity index (χ0v) is 17.5. The fourth-order valence-electron chi connectivity index (χ4n) is 3.95. The summed E-state index contributed by atoms with van der Waals surface area (Å²) in [5, 5.41) is 13.5. The van der Waals surface area contributed by atoms with Gasteiger partial charge in [-0.2, -0.15) is 17.7 Å². The maximum atomic E-state index is 13.1. The van der Waals surface area contributed by atoms with Gasteiger partial charge in [0.15, 0.2) is 5.65 Å². The molecule has 2 amide bonds. The molecule has 0 unspecified atom stereocenters. The summed E-state index contributed by atoms with van der Waals surface area (Å²) in [5.41, 5.74) is 0.00858. The van der Waals surface area contributed by atoms with Crippen LogP contribution in [0.5, 0.6) is 0 Å². The fourth-order valence-corrected chi connectivity index (χ4v) is 3.95. The molecule has 10 nitrogen and oxygen atoms in total. The molecule has 32 heavy (non-hydrogen) atoms. The lowest BCUT2D eigenvalue weighted by Gasteiger charge is -2.33. The van der Waals surface area contributed by atoms with Crippen LogP contribution in [0.25, 0.3) is 5.65 Å². The largest absolute Gasteiger partial charge is 0.453 e. The van der Waals surface area contributed by atoms with Crippen LogP contribution in [0.1, 0.15) is 25.6 Å². The number of fused-ring (bicyclic) bond motifs is 1. The first-order valence-electron chi connectivity index (χ1n) is 10.5. The number of carbonyl (C=O) groups excluding carboxylic acids is 2. The first-order valence-corrected chi connectivity index (χ1v) is 10.5. The predicted molar refractivity (Wildman–Crippen MR) is 106 cm³/mol.